The third kappa shape index (κ3) is 4.42. The van der Waals surface area contributed by atoms with Crippen molar-refractivity contribution < 1.29 is 14.3 Å². The zero-order valence-corrected chi connectivity index (χ0v) is 17.3. The minimum atomic E-state index is -1.00. The Morgan fingerprint density at radius 1 is 1.17 bits per heavy atom. The number of aromatic nitrogens is 4. The lowest BCUT2D eigenvalue weighted by molar-refractivity contribution is -0.123. The molecule has 3 aromatic rings. The maximum atomic E-state index is 12.6. The quantitative estimate of drug-likeness (QED) is 0.642. The lowest BCUT2D eigenvalue weighted by Gasteiger charge is -2.17. The van der Waals surface area contributed by atoms with E-state index < -0.39 is 18.0 Å². The van der Waals surface area contributed by atoms with E-state index in [-0.39, 0.29) is 5.82 Å². The van der Waals surface area contributed by atoms with E-state index in [4.69, 9.17) is 4.74 Å². The SMILES string of the molecule is CC[C@@H](C)c1ccccc1NC(=O)[C@@H](C)OC(=O)c1nc2nc(C)cc(C)n2n1. The fraction of sp³-hybridized carbons (Fsp3) is 0.381. The topological polar surface area (TPSA) is 98.5 Å². The van der Waals surface area contributed by atoms with Gasteiger partial charge < -0.3 is 10.1 Å². The Morgan fingerprint density at radius 2 is 1.90 bits per heavy atom. The Hall–Kier alpha value is -3.29. The standard InChI is InChI=1S/C21H25N5O3/c1-6-12(2)16-9-7-8-10-17(16)23-19(27)15(5)29-20(28)18-24-21-22-13(3)11-14(4)26(21)25-18/h7-12,15H,6H2,1-5H3,(H,23,27)/t12-,15-/m1/s1. The van der Waals surface area contributed by atoms with Gasteiger partial charge in [0, 0.05) is 17.1 Å². The summed E-state index contributed by atoms with van der Waals surface area (Å²) in [5.41, 5.74) is 3.33. The molecular formula is C21H25N5O3. The van der Waals surface area contributed by atoms with Crippen molar-refractivity contribution in [1.82, 2.24) is 19.6 Å². The number of benzene rings is 1. The highest BCUT2D eigenvalue weighted by atomic mass is 16.5. The highest BCUT2D eigenvalue weighted by molar-refractivity contribution is 5.97. The molecule has 3 rings (SSSR count). The van der Waals surface area contributed by atoms with Gasteiger partial charge in [0.25, 0.3) is 17.5 Å². The molecule has 0 aliphatic heterocycles. The summed E-state index contributed by atoms with van der Waals surface area (Å²) in [6.07, 6.45) is -0.0564. The van der Waals surface area contributed by atoms with Gasteiger partial charge in [-0.3, -0.25) is 4.79 Å². The van der Waals surface area contributed by atoms with E-state index in [0.29, 0.717) is 11.7 Å². The van der Waals surface area contributed by atoms with E-state index in [1.165, 1.54) is 11.4 Å². The maximum absolute atomic E-state index is 12.6. The van der Waals surface area contributed by atoms with E-state index in [9.17, 15) is 9.59 Å². The van der Waals surface area contributed by atoms with Gasteiger partial charge in [-0.2, -0.15) is 4.98 Å². The first-order valence-electron chi connectivity index (χ1n) is 9.62. The first-order chi connectivity index (χ1) is 13.8. The summed E-state index contributed by atoms with van der Waals surface area (Å²) in [6, 6.07) is 9.46. The van der Waals surface area contributed by atoms with Gasteiger partial charge in [0.15, 0.2) is 6.10 Å². The molecule has 2 aromatic heterocycles. The van der Waals surface area contributed by atoms with Crippen molar-refractivity contribution in [3.63, 3.8) is 0 Å². The average Bonchev–Trinajstić information content (AvgIpc) is 3.12. The van der Waals surface area contributed by atoms with Crippen LogP contribution in [0.25, 0.3) is 5.78 Å². The van der Waals surface area contributed by atoms with Crippen LogP contribution in [0.4, 0.5) is 5.69 Å². The van der Waals surface area contributed by atoms with E-state index in [1.807, 2.05) is 44.2 Å². The second-order valence-electron chi connectivity index (χ2n) is 7.12. The molecule has 0 aliphatic carbocycles. The van der Waals surface area contributed by atoms with Gasteiger partial charge in [0.05, 0.1) is 0 Å². The zero-order chi connectivity index (χ0) is 21.1. The molecule has 2 atom stereocenters. The molecule has 1 aromatic carbocycles. The highest BCUT2D eigenvalue weighted by Crippen LogP contribution is 2.26. The summed E-state index contributed by atoms with van der Waals surface area (Å²) in [5.74, 6) is -0.709. The fourth-order valence-electron chi connectivity index (χ4n) is 3.01. The number of amides is 1. The van der Waals surface area contributed by atoms with Crippen molar-refractivity contribution in [1.29, 1.82) is 0 Å². The molecule has 0 unspecified atom stereocenters. The van der Waals surface area contributed by atoms with E-state index >= 15 is 0 Å². The van der Waals surface area contributed by atoms with Gasteiger partial charge in [-0.1, -0.05) is 32.0 Å². The second kappa shape index (κ2) is 8.38. The van der Waals surface area contributed by atoms with Gasteiger partial charge in [0.1, 0.15) is 0 Å². The number of fused-ring (bicyclic) bond motifs is 1. The smallest absolute Gasteiger partial charge is 0.379 e. The molecule has 1 N–H and O–H groups in total. The minimum Gasteiger partial charge on any atom is -0.447 e. The number of aryl methyl sites for hydroxylation is 2. The van der Waals surface area contributed by atoms with Gasteiger partial charge in [-0.15, -0.1) is 5.10 Å². The third-order valence-corrected chi connectivity index (χ3v) is 4.82. The first kappa shape index (κ1) is 20.4. The molecule has 2 heterocycles. The number of nitrogens with one attached hydrogen (secondary N) is 1. The predicted octanol–water partition coefficient (Wildman–Crippen LogP) is 3.44. The average molecular weight is 395 g/mol. The van der Waals surface area contributed by atoms with Crippen LogP contribution in [0.3, 0.4) is 0 Å². The van der Waals surface area contributed by atoms with Crippen molar-refractivity contribution in [2.24, 2.45) is 0 Å². The molecule has 0 radical (unpaired) electrons. The van der Waals surface area contributed by atoms with Crippen LogP contribution in [0, 0.1) is 13.8 Å². The largest absolute Gasteiger partial charge is 0.447 e. The Balaban J connectivity index is 1.72. The Morgan fingerprint density at radius 3 is 2.62 bits per heavy atom. The number of hydrogen-bond acceptors (Lipinski definition) is 6. The summed E-state index contributed by atoms with van der Waals surface area (Å²) >= 11 is 0. The van der Waals surface area contributed by atoms with E-state index in [2.05, 4.69) is 34.2 Å². The molecule has 0 aliphatic rings. The van der Waals surface area contributed by atoms with Crippen LogP contribution in [0.2, 0.25) is 0 Å². The summed E-state index contributed by atoms with van der Waals surface area (Å²) < 4.78 is 6.75. The monoisotopic (exact) mass is 395 g/mol. The van der Waals surface area contributed by atoms with Crippen LogP contribution < -0.4 is 5.32 Å². The fourth-order valence-corrected chi connectivity index (χ4v) is 3.01. The van der Waals surface area contributed by atoms with Crippen LogP contribution in [0.5, 0.6) is 0 Å². The molecule has 0 fully saturated rings. The van der Waals surface area contributed by atoms with Gasteiger partial charge in [-0.05, 0) is 50.8 Å². The number of anilines is 1. The molecular weight excluding hydrogens is 370 g/mol. The number of hydrogen-bond donors (Lipinski definition) is 1. The van der Waals surface area contributed by atoms with Crippen LogP contribution in [0.1, 0.15) is 60.7 Å². The predicted molar refractivity (Wildman–Crippen MR) is 109 cm³/mol. The van der Waals surface area contributed by atoms with Crippen LogP contribution in [0.15, 0.2) is 30.3 Å². The van der Waals surface area contributed by atoms with Crippen molar-refractivity contribution in [2.75, 3.05) is 5.32 Å². The molecule has 1 amide bonds. The number of para-hydroxylation sites is 1. The first-order valence-corrected chi connectivity index (χ1v) is 9.62. The maximum Gasteiger partial charge on any atom is 0.379 e. The van der Waals surface area contributed by atoms with E-state index in [0.717, 1.165) is 29.1 Å². The number of nitrogens with zero attached hydrogens (tertiary/aromatic N) is 4. The lowest BCUT2D eigenvalue weighted by Crippen LogP contribution is -2.30. The molecule has 152 valence electrons. The van der Waals surface area contributed by atoms with Crippen LogP contribution in [-0.2, 0) is 9.53 Å². The molecule has 0 saturated carbocycles. The molecule has 0 saturated heterocycles. The van der Waals surface area contributed by atoms with E-state index in [1.54, 1.807) is 0 Å². The van der Waals surface area contributed by atoms with Crippen molar-refractivity contribution >= 4 is 23.3 Å². The molecule has 8 heteroatoms. The van der Waals surface area contributed by atoms with Crippen molar-refractivity contribution in [2.45, 2.75) is 53.1 Å². The zero-order valence-electron chi connectivity index (χ0n) is 17.3. The summed E-state index contributed by atoms with van der Waals surface area (Å²) in [4.78, 5) is 33.4. The van der Waals surface area contributed by atoms with Crippen LogP contribution >= 0.6 is 0 Å². The summed E-state index contributed by atoms with van der Waals surface area (Å²) in [7, 11) is 0. The third-order valence-electron chi connectivity index (χ3n) is 4.82. The van der Waals surface area contributed by atoms with Gasteiger partial charge in [-0.25, -0.2) is 14.3 Å². The Kier molecular flexibility index (Phi) is 5.91. The second-order valence-corrected chi connectivity index (χ2v) is 7.12. The summed E-state index contributed by atoms with van der Waals surface area (Å²) in [5, 5.41) is 6.99. The summed E-state index contributed by atoms with van der Waals surface area (Å²) in [6.45, 7) is 9.39. The number of carbonyl (C=O) groups excluding carboxylic acids is 2. The Labute approximate surface area is 169 Å². The number of rotatable bonds is 6. The molecule has 8 nitrogen and oxygen atoms in total. The lowest BCUT2D eigenvalue weighted by atomic mass is 9.97. The molecule has 0 spiro atoms. The van der Waals surface area contributed by atoms with Gasteiger partial charge >= 0.3 is 5.97 Å². The van der Waals surface area contributed by atoms with Crippen molar-refractivity contribution in [3.05, 3.63) is 53.1 Å². The number of esters is 1. The Bertz CT molecular complexity index is 1060. The normalized spacial score (nSPS) is 13.1. The van der Waals surface area contributed by atoms with Crippen LogP contribution in [-0.4, -0.2) is 37.6 Å². The minimum absolute atomic E-state index is 0.133. The number of carbonyl (C=O) groups is 2. The number of ether oxygens (including phenoxy) is 1. The van der Waals surface area contributed by atoms with Gasteiger partial charge in [0.2, 0.25) is 0 Å². The molecule has 0 bridgehead atoms. The highest BCUT2D eigenvalue weighted by Gasteiger charge is 2.23. The van der Waals surface area contributed by atoms with Crippen molar-refractivity contribution in [3.8, 4) is 0 Å². The molecule has 29 heavy (non-hydrogen) atoms.